The number of carbonyl (C=O) groups excluding carboxylic acids is 3. The number of hydrogen-bond donors (Lipinski definition) is 0. The molecule has 6 heteroatoms. The van der Waals surface area contributed by atoms with Crippen molar-refractivity contribution in [2.75, 3.05) is 4.90 Å². The van der Waals surface area contributed by atoms with Crippen molar-refractivity contribution in [2.45, 2.75) is 26.2 Å². The molecule has 0 radical (unpaired) electrons. The summed E-state index contributed by atoms with van der Waals surface area (Å²) in [6.07, 6.45) is 4.08. The van der Waals surface area contributed by atoms with E-state index >= 15 is 0 Å². The lowest BCUT2D eigenvalue weighted by Gasteiger charge is -2.25. The van der Waals surface area contributed by atoms with Gasteiger partial charge >= 0.3 is 5.97 Å². The molecule has 2 aromatic carbocycles. The Labute approximate surface area is 179 Å². The molecule has 1 saturated heterocycles. The Morgan fingerprint density at radius 2 is 1.77 bits per heavy atom. The van der Waals surface area contributed by atoms with E-state index < -0.39 is 5.97 Å². The molecule has 0 N–H and O–H groups in total. The molecule has 2 heterocycles. The summed E-state index contributed by atoms with van der Waals surface area (Å²) in [5.74, 6) is -0.591. The van der Waals surface area contributed by atoms with Crippen molar-refractivity contribution < 1.29 is 19.1 Å². The molecule has 3 aromatic rings. The predicted octanol–water partition coefficient (Wildman–Crippen LogP) is 4.38. The number of para-hydroxylation sites is 1. The summed E-state index contributed by atoms with van der Waals surface area (Å²) in [6.45, 7) is 2.12. The molecule has 0 bridgehead atoms. The van der Waals surface area contributed by atoms with Gasteiger partial charge in [-0.3, -0.25) is 19.5 Å². The Hall–Kier alpha value is -3.54. The minimum Gasteiger partial charge on any atom is -0.421 e. The number of nitrogens with zero attached hydrogens (tertiary/aromatic N) is 2. The zero-order valence-corrected chi connectivity index (χ0v) is 17.2. The standard InChI is InChI=1S/C25H22N2O4/c1-15-10-11-19-20(13-15)24(29)27(23(19)28)18-8-2-6-17(14-18)25(30)31-21-9-3-5-16-7-4-12-26-22(16)21/h2-9,12,14-15,19-20H,10-11,13H2,1H3/t15-,19+,20+/m1/s1. The van der Waals surface area contributed by atoms with E-state index in [1.165, 1.54) is 4.90 Å². The number of amides is 2. The fourth-order valence-electron chi connectivity index (χ4n) is 4.73. The van der Waals surface area contributed by atoms with Crippen LogP contribution < -0.4 is 9.64 Å². The second-order valence-electron chi connectivity index (χ2n) is 8.41. The lowest BCUT2D eigenvalue weighted by molar-refractivity contribution is -0.122. The molecule has 1 aliphatic heterocycles. The van der Waals surface area contributed by atoms with Gasteiger partial charge in [0.05, 0.1) is 23.1 Å². The summed E-state index contributed by atoms with van der Waals surface area (Å²) in [7, 11) is 0. The minimum absolute atomic E-state index is 0.161. The third-order valence-electron chi connectivity index (χ3n) is 6.33. The number of rotatable bonds is 3. The lowest BCUT2D eigenvalue weighted by Crippen LogP contribution is -2.31. The number of anilines is 1. The minimum atomic E-state index is -0.565. The monoisotopic (exact) mass is 414 g/mol. The van der Waals surface area contributed by atoms with Gasteiger partial charge < -0.3 is 4.74 Å². The van der Waals surface area contributed by atoms with Crippen LogP contribution in [0.25, 0.3) is 10.9 Å². The normalized spacial score (nSPS) is 23.1. The van der Waals surface area contributed by atoms with Crippen molar-refractivity contribution in [1.29, 1.82) is 0 Å². The van der Waals surface area contributed by atoms with Gasteiger partial charge in [-0.2, -0.15) is 0 Å². The van der Waals surface area contributed by atoms with E-state index in [-0.39, 0.29) is 29.2 Å². The summed E-state index contributed by atoms with van der Waals surface area (Å²) in [5, 5.41) is 0.867. The van der Waals surface area contributed by atoms with E-state index in [0.717, 1.165) is 24.6 Å². The van der Waals surface area contributed by atoms with Gasteiger partial charge in [-0.1, -0.05) is 31.2 Å². The number of imide groups is 1. The lowest BCUT2D eigenvalue weighted by atomic mass is 9.76. The van der Waals surface area contributed by atoms with Gasteiger partial charge in [-0.05, 0) is 55.5 Å². The molecule has 0 unspecified atom stereocenters. The molecule has 2 amide bonds. The van der Waals surface area contributed by atoms with E-state index in [4.69, 9.17) is 4.74 Å². The van der Waals surface area contributed by atoms with Gasteiger partial charge in [-0.25, -0.2) is 4.79 Å². The van der Waals surface area contributed by atoms with Crippen molar-refractivity contribution >= 4 is 34.4 Å². The molecule has 2 fully saturated rings. The van der Waals surface area contributed by atoms with Gasteiger partial charge in [0.25, 0.3) is 0 Å². The van der Waals surface area contributed by atoms with Crippen LogP contribution in [0.4, 0.5) is 5.69 Å². The van der Waals surface area contributed by atoms with E-state index in [1.54, 1.807) is 42.6 Å². The van der Waals surface area contributed by atoms with Crippen LogP contribution in [0, 0.1) is 17.8 Å². The summed E-state index contributed by atoms with van der Waals surface area (Å²) in [4.78, 5) is 44.4. The van der Waals surface area contributed by atoms with Crippen molar-refractivity contribution in [3.05, 3.63) is 66.4 Å². The molecule has 31 heavy (non-hydrogen) atoms. The van der Waals surface area contributed by atoms with Gasteiger partial charge in [0, 0.05) is 11.6 Å². The fraction of sp³-hybridized carbons (Fsp3) is 0.280. The van der Waals surface area contributed by atoms with Crippen LogP contribution in [0.5, 0.6) is 5.75 Å². The Bertz CT molecular complexity index is 1200. The Balaban J connectivity index is 1.42. The van der Waals surface area contributed by atoms with Crippen LogP contribution >= 0.6 is 0 Å². The largest absolute Gasteiger partial charge is 0.421 e. The van der Waals surface area contributed by atoms with E-state index in [2.05, 4.69) is 11.9 Å². The van der Waals surface area contributed by atoms with Gasteiger partial charge in [0.1, 0.15) is 5.52 Å². The average Bonchev–Trinajstić information content (AvgIpc) is 3.03. The quantitative estimate of drug-likeness (QED) is 0.361. The number of ether oxygens (including phenoxy) is 1. The second-order valence-corrected chi connectivity index (χ2v) is 8.41. The van der Waals surface area contributed by atoms with E-state index in [9.17, 15) is 14.4 Å². The number of fused-ring (bicyclic) bond motifs is 2. The first kappa shape index (κ1) is 19.4. The summed E-state index contributed by atoms with van der Waals surface area (Å²) in [5.41, 5.74) is 1.29. The molecular formula is C25H22N2O4. The van der Waals surface area contributed by atoms with Crippen LogP contribution in [-0.4, -0.2) is 22.8 Å². The van der Waals surface area contributed by atoms with Crippen LogP contribution in [0.15, 0.2) is 60.8 Å². The average molecular weight is 414 g/mol. The maximum Gasteiger partial charge on any atom is 0.343 e. The third kappa shape index (κ3) is 3.38. The summed E-state index contributed by atoms with van der Waals surface area (Å²) < 4.78 is 5.60. The van der Waals surface area contributed by atoms with Crippen LogP contribution in [0.2, 0.25) is 0 Å². The second kappa shape index (κ2) is 7.61. The zero-order valence-electron chi connectivity index (χ0n) is 17.2. The molecule has 2 aliphatic rings. The molecule has 3 atom stereocenters. The van der Waals surface area contributed by atoms with Gasteiger partial charge in [0.15, 0.2) is 5.75 Å². The van der Waals surface area contributed by atoms with Crippen LogP contribution in [-0.2, 0) is 9.59 Å². The van der Waals surface area contributed by atoms with Crippen molar-refractivity contribution in [3.8, 4) is 5.75 Å². The van der Waals surface area contributed by atoms with Gasteiger partial charge in [-0.15, -0.1) is 0 Å². The summed E-state index contributed by atoms with van der Waals surface area (Å²) in [6, 6.07) is 15.6. The first-order valence-electron chi connectivity index (χ1n) is 10.6. The van der Waals surface area contributed by atoms with E-state index in [0.29, 0.717) is 22.9 Å². The highest BCUT2D eigenvalue weighted by molar-refractivity contribution is 6.22. The summed E-state index contributed by atoms with van der Waals surface area (Å²) >= 11 is 0. The molecule has 1 saturated carbocycles. The number of aromatic nitrogens is 1. The highest BCUT2D eigenvalue weighted by atomic mass is 16.5. The molecular weight excluding hydrogens is 392 g/mol. The number of esters is 1. The number of benzene rings is 2. The molecule has 5 rings (SSSR count). The number of carbonyl (C=O) groups is 3. The van der Waals surface area contributed by atoms with Gasteiger partial charge in [0.2, 0.25) is 11.8 Å². The van der Waals surface area contributed by atoms with E-state index in [1.807, 2.05) is 18.2 Å². The van der Waals surface area contributed by atoms with Crippen LogP contribution in [0.1, 0.15) is 36.5 Å². The third-order valence-corrected chi connectivity index (χ3v) is 6.33. The molecule has 6 nitrogen and oxygen atoms in total. The first-order chi connectivity index (χ1) is 15.0. The highest BCUT2D eigenvalue weighted by Gasteiger charge is 2.50. The fourth-order valence-corrected chi connectivity index (χ4v) is 4.73. The Kier molecular flexibility index (Phi) is 4.77. The zero-order chi connectivity index (χ0) is 21.5. The molecule has 156 valence electrons. The first-order valence-corrected chi connectivity index (χ1v) is 10.6. The van der Waals surface area contributed by atoms with Crippen LogP contribution in [0.3, 0.4) is 0 Å². The highest BCUT2D eigenvalue weighted by Crippen LogP contribution is 2.42. The maximum atomic E-state index is 13.0. The maximum absolute atomic E-state index is 13.0. The van der Waals surface area contributed by atoms with Crippen molar-refractivity contribution in [3.63, 3.8) is 0 Å². The molecule has 1 aliphatic carbocycles. The smallest absolute Gasteiger partial charge is 0.343 e. The number of hydrogen-bond acceptors (Lipinski definition) is 5. The Morgan fingerprint density at radius 1 is 1.00 bits per heavy atom. The topological polar surface area (TPSA) is 76.6 Å². The number of pyridine rings is 1. The molecule has 1 aromatic heterocycles. The Morgan fingerprint density at radius 3 is 2.65 bits per heavy atom. The predicted molar refractivity (Wildman–Crippen MR) is 116 cm³/mol. The van der Waals surface area contributed by atoms with Crippen molar-refractivity contribution in [1.82, 2.24) is 4.98 Å². The molecule has 0 spiro atoms. The van der Waals surface area contributed by atoms with Crippen molar-refractivity contribution in [2.24, 2.45) is 17.8 Å². The SMILES string of the molecule is C[C@@H]1CC[C@@H]2C(=O)N(c3cccc(C(=O)Oc4cccc5cccnc45)c3)C(=O)[C@H]2C1.